The molecular formula is C12H19N5O3. The molecule has 1 N–H and O–H groups in total. The Balaban J connectivity index is 1.90. The second kappa shape index (κ2) is 5.48. The third-order valence-electron chi connectivity index (χ3n) is 3.79. The molecule has 2 amide bonds. The smallest absolute Gasteiger partial charge is 0.358 e. The number of rotatable bonds is 4. The van der Waals surface area contributed by atoms with Crippen LogP contribution in [0.1, 0.15) is 36.8 Å². The summed E-state index contributed by atoms with van der Waals surface area (Å²) >= 11 is 0. The number of likely N-dealkylation sites (tertiary alicyclic amines) is 1. The van der Waals surface area contributed by atoms with Gasteiger partial charge in [-0.1, -0.05) is 12.1 Å². The predicted octanol–water partition coefficient (Wildman–Crippen LogP) is 0.683. The molecule has 0 saturated carbocycles. The highest BCUT2D eigenvalue weighted by molar-refractivity contribution is 5.84. The Bertz CT molecular complexity index is 509. The van der Waals surface area contributed by atoms with E-state index in [0.717, 1.165) is 6.42 Å². The van der Waals surface area contributed by atoms with Crippen LogP contribution < -0.4 is 0 Å². The van der Waals surface area contributed by atoms with Gasteiger partial charge in [-0.25, -0.2) is 14.3 Å². The lowest BCUT2D eigenvalue weighted by Crippen LogP contribution is -2.56. The minimum Gasteiger partial charge on any atom is -0.476 e. The summed E-state index contributed by atoms with van der Waals surface area (Å²) in [5.41, 5.74) is -0.0773. The molecule has 1 unspecified atom stereocenters. The molecule has 0 spiro atoms. The minimum absolute atomic E-state index is 0.00452. The first-order valence-electron chi connectivity index (χ1n) is 6.60. The number of aromatic carboxylic acids is 1. The van der Waals surface area contributed by atoms with Crippen molar-refractivity contribution in [1.82, 2.24) is 24.8 Å². The SMILES string of the molecule is CCC(C)N(C)C(=O)N1CC(n2cc(C(=O)O)nn2)C1. The van der Waals surface area contributed by atoms with Crippen molar-refractivity contribution in [2.45, 2.75) is 32.4 Å². The molecule has 1 saturated heterocycles. The maximum Gasteiger partial charge on any atom is 0.358 e. The Morgan fingerprint density at radius 2 is 2.20 bits per heavy atom. The first kappa shape index (κ1) is 14.3. The minimum atomic E-state index is -1.10. The molecule has 0 bridgehead atoms. The highest BCUT2D eigenvalue weighted by Crippen LogP contribution is 2.22. The second-order valence-electron chi connectivity index (χ2n) is 5.10. The summed E-state index contributed by atoms with van der Waals surface area (Å²) < 4.78 is 1.51. The Kier molecular flexibility index (Phi) is 3.91. The highest BCUT2D eigenvalue weighted by Gasteiger charge is 2.35. The van der Waals surface area contributed by atoms with Crippen molar-refractivity contribution in [2.24, 2.45) is 0 Å². The molecule has 8 heteroatoms. The van der Waals surface area contributed by atoms with Gasteiger partial charge in [-0.15, -0.1) is 5.10 Å². The molecule has 0 radical (unpaired) electrons. The molecule has 1 fully saturated rings. The number of amides is 2. The summed E-state index contributed by atoms with van der Waals surface area (Å²) in [6.07, 6.45) is 2.30. The van der Waals surface area contributed by atoms with Gasteiger partial charge in [0.25, 0.3) is 0 Å². The molecular weight excluding hydrogens is 262 g/mol. The van der Waals surface area contributed by atoms with Gasteiger partial charge in [0.2, 0.25) is 0 Å². The van der Waals surface area contributed by atoms with Gasteiger partial charge >= 0.3 is 12.0 Å². The Hall–Kier alpha value is -2.12. The van der Waals surface area contributed by atoms with Crippen molar-refractivity contribution in [3.63, 3.8) is 0 Å². The van der Waals surface area contributed by atoms with Crippen molar-refractivity contribution in [3.8, 4) is 0 Å². The molecule has 110 valence electrons. The third kappa shape index (κ3) is 2.59. The van der Waals surface area contributed by atoms with Crippen LogP contribution in [0.4, 0.5) is 4.79 Å². The van der Waals surface area contributed by atoms with E-state index in [2.05, 4.69) is 10.3 Å². The van der Waals surface area contributed by atoms with Crippen molar-refractivity contribution in [1.29, 1.82) is 0 Å². The van der Waals surface area contributed by atoms with Gasteiger partial charge < -0.3 is 14.9 Å². The molecule has 0 aliphatic carbocycles. The van der Waals surface area contributed by atoms with E-state index < -0.39 is 5.97 Å². The number of nitrogens with zero attached hydrogens (tertiary/aromatic N) is 5. The summed E-state index contributed by atoms with van der Waals surface area (Å²) in [6.45, 7) is 5.10. The number of hydrogen-bond acceptors (Lipinski definition) is 4. The van der Waals surface area contributed by atoms with Crippen LogP contribution in [0.5, 0.6) is 0 Å². The summed E-state index contributed by atoms with van der Waals surface area (Å²) in [5.74, 6) is -1.10. The normalized spacial score (nSPS) is 16.6. The standard InChI is InChI=1S/C12H19N5O3/c1-4-8(2)15(3)12(20)16-5-9(6-16)17-7-10(11(18)19)13-14-17/h7-9H,4-6H2,1-3H3,(H,18,19). The van der Waals surface area contributed by atoms with E-state index in [1.54, 1.807) is 16.8 Å². The highest BCUT2D eigenvalue weighted by atomic mass is 16.4. The van der Waals surface area contributed by atoms with Crippen LogP contribution in [-0.2, 0) is 0 Å². The number of carbonyl (C=O) groups excluding carboxylic acids is 1. The average Bonchev–Trinajstić information content (AvgIpc) is 2.84. The first-order valence-corrected chi connectivity index (χ1v) is 6.60. The number of urea groups is 1. The van der Waals surface area contributed by atoms with Crippen molar-refractivity contribution >= 4 is 12.0 Å². The molecule has 20 heavy (non-hydrogen) atoms. The van der Waals surface area contributed by atoms with Gasteiger partial charge in [-0.05, 0) is 13.3 Å². The first-order chi connectivity index (χ1) is 9.43. The molecule has 1 aliphatic heterocycles. The lowest BCUT2D eigenvalue weighted by Gasteiger charge is -2.41. The van der Waals surface area contributed by atoms with Crippen molar-refractivity contribution < 1.29 is 14.7 Å². The maximum atomic E-state index is 12.1. The zero-order chi connectivity index (χ0) is 14.9. The fourth-order valence-electron chi connectivity index (χ4n) is 2.02. The second-order valence-corrected chi connectivity index (χ2v) is 5.10. The van der Waals surface area contributed by atoms with Crippen LogP contribution in [0.2, 0.25) is 0 Å². The van der Waals surface area contributed by atoms with Crippen LogP contribution in [0.15, 0.2) is 6.20 Å². The van der Waals surface area contributed by atoms with E-state index in [-0.39, 0.29) is 23.8 Å². The molecule has 8 nitrogen and oxygen atoms in total. The van der Waals surface area contributed by atoms with Crippen LogP contribution in [0, 0.1) is 0 Å². The quantitative estimate of drug-likeness (QED) is 0.876. The van der Waals surface area contributed by atoms with Crippen LogP contribution in [0.25, 0.3) is 0 Å². The van der Waals surface area contributed by atoms with E-state index in [0.29, 0.717) is 13.1 Å². The molecule has 2 heterocycles. The predicted molar refractivity (Wildman–Crippen MR) is 70.5 cm³/mol. The number of carbonyl (C=O) groups is 2. The number of carboxylic acid groups (broad SMARTS) is 1. The lowest BCUT2D eigenvalue weighted by molar-refractivity contribution is 0.0689. The van der Waals surface area contributed by atoms with Crippen LogP contribution in [-0.4, -0.2) is 68.1 Å². The largest absolute Gasteiger partial charge is 0.476 e. The fourth-order valence-corrected chi connectivity index (χ4v) is 2.02. The zero-order valence-corrected chi connectivity index (χ0v) is 11.9. The molecule has 2 rings (SSSR count). The third-order valence-corrected chi connectivity index (χ3v) is 3.79. The molecule has 1 aliphatic rings. The zero-order valence-electron chi connectivity index (χ0n) is 11.9. The van der Waals surface area contributed by atoms with Gasteiger partial charge in [0.1, 0.15) is 0 Å². The summed E-state index contributed by atoms with van der Waals surface area (Å²) in [6, 6.07) is 0.200. The average molecular weight is 281 g/mol. The van der Waals surface area contributed by atoms with Gasteiger partial charge in [-0.2, -0.15) is 0 Å². The van der Waals surface area contributed by atoms with Crippen LogP contribution in [0.3, 0.4) is 0 Å². The van der Waals surface area contributed by atoms with Gasteiger partial charge in [0, 0.05) is 26.2 Å². The Morgan fingerprint density at radius 3 is 2.70 bits per heavy atom. The lowest BCUT2D eigenvalue weighted by atomic mass is 10.1. The number of hydrogen-bond donors (Lipinski definition) is 1. The van der Waals surface area contributed by atoms with Gasteiger partial charge in [-0.3, -0.25) is 0 Å². The van der Waals surface area contributed by atoms with E-state index in [4.69, 9.17) is 5.11 Å². The topological polar surface area (TPSA) is 91.6 Å². The summed E-state index contributed by atoms with van der Waals surface area (Å²) in [5, 5.41) is 16.1. The maximum absolute atomic E-state index is 12.1. The molecule has 1 atom stereocenters. The Labute approximate surface area is 117 Å². The molecule has 1 aromatic heterocycles. The fraction of sp³-hybridized carbons (Fsp3) is 0.667. The Morgan fingerprint density at radius 1 is 1.55 bits per heavy atom. The van der Waals surface area contributed by atoms with E-state index >= 15 is 0 Å². The van der Waals surface area contributed by atoms with E-state index in [1.165, 1.54) is 10.9 Å². The van der Waals surface area contributed by atoms with Crippen molar-refractivity contribution in [2.75, 3.05) is 20.1 Å². The molecule has 1 aromatic rings. The number of carboxylic acids is 1. The summed E-state index contributed by atoms with van der Waals surface area (Å²) in [4.78, 5) is 26.3. The van der Waals surface area contributed by atoms with Crippen LogP contribution >= 0.6 is 0 Å². The summed E-state index contributed by atoms with van der Waals surface area (Å²) in [7, 11) is 1.79. The van der Waals surface area contributed by atoms with Crippen molar-refractivity contribution in [3.05, 3.63) is 11.9 Å². The van der Waals surface area contributed by atoms with E-state index in [1.807, 2.05) is 13.8 Å². The van der Waals surface area contributed by atoms with Gasteiger partial charge in [0.15, 0.2) is 5.69 Å². The van der Waals surface area contributed by atoms with Gasteiger partial charge in [0.05, 0.1) is 12.2 Å². The molecule has 0 aromatic carbocycles. The monoisotopic (exact) mass is 281 g/mol. The number of aromatic nitrogens is 3. The van der Waals surface area contributed by atoms with E-state index in [9.17, 15) is 9.59 Å².